The molecule has 0 saturated carbocycles. The predicted octanol–water partition coefficient (Wildman–Crippen LogP) is 1.79. The van der Waals surface area contributed by atoms with E-state index < -0.39 is 0 Å². The summed E-state index contributed by atoms with van der Waals surface area (Å²) < 4.78 is 10.5. The first-order chi connectivity index (χ1) is 9.79. The molecule has 2 aromatic rings. The maximum absolute atomic E-state index is 11.7. The number of nitrogens with one attached hydrogen (secondary N) is 1. The Kier molecular flexibility index (Phi) is 4.94. The molecule has 0 aliphatic rings. The van der Waals surface area contributed by atoms with Crippen LogP contribution in [0.25, 0.3) is 0 Å². The lowest BCUT2D eigenvalue weighted by atomic mass is 10.2. The van der Waals surface area contributed by atoms with Gasteiger partial charge >= 0.3 is 0 Å². The highest BCUT2D eigenvalue weighted by molar-refractivity contribution is 5.77. The quantitative estimate of drug-likeness (QED) is 0.871. The van der Waals surface area contributed by atoms with E-state index in [0.717, 1.165) is 5.56 Å². The van der Waals surface area contributed by atoms with E-state index in [9.17, 15) is 4.79 Å². The summed E-state index contributed by atoms with van der Waals surface area (Å²) in [4.78, 5) is 15.8. The number of carbonyl (C=O) groups excluding carboxylic acids is 1. The van der Waals surface area contributed by atoms with Crippen LogP contribution in [0.2, 0.25) is 0 Å². The number of aromatic nitrogens is 1. The smallest absolute Gasteiger partial charge is 0.258 e. The number of para-hydroxylation sites is 1. The SMILES string of the molecule is COc1ncccc1CNC(=O)COc1ccccc1. The molecule has 0 radical (unpaired) electrons. The Hall–Kier alpha value is -2.56. The van der Waals surface area contributed by atoms with Crippen molar-refractivity contribution in [3.63, 3.8) is 0 Å². The minimum atomic E-state index is -0.195. The molecule has 104 valence electrons. The minimum Gasteiger partial charge on any atom is -0.484 e. The summed E-state index contributed by atoms with van der Waals surface area (Å²) in [5, 5.41) is 2.76. The van der Waals surface area contributed by atoms with Crippen LogP contribution in [0.3, 0.4) is 0 Å². The van der Waals surface area contributed by atoms with Gasteiger partial charge in [-0.2, -0.15) is 0 Å². The van der Waals surface area contributed by atoms with Crippen molar-refractivity contribution in [2.75, 3.05) is 13.7 Å². The Morgan fingerprint density at radius 2 is 2.00 bits per heavy atom. The van der Waals surface area contributed by atoms with Crippen LogP contribution in [-0.2, 0) is 11.3 Å². The molecule has 0 aliphatic heterocycles. The van der Waals surface area contributed by atoms with Crippen molar-refractivity contribution in [2.24, 2.45) is 0 Å². The Balaban J connectivity index is 1.80. The first-order valence-electron chi connectivity index (χ1n) is 6.22. The molecule has 1 aromatic heterocycles. The number of pyridine rings is 1. The Morgan fingerprint density at radius 3 is 2.75 bits per heavy atom. The lowest BCUT2D eigenvalue weighted by Crippen LogP contribution is -2.28. The van der Waals surface area contributed by atoms with Crippen molar-refractivity contribution >= 4 is 5.91 Å². The molecule has 0 fully saturated rings. The lowest BCUT2D eigenvalue weighted by molar-refractivity contribution is -0.123. The number of amides is 1. The third-order valence-corrected chi connectivity index (χ3v) is 2.63. The van der Waals surface area contributed by atoms with Gasteiger partial charge in [0.15, 0.2) is 6.61 Å². The molecule has 1 N–H and O–H groups in total. The van der Waals surface area contributed by atoms with Crippen molar-refractivity contribution in [1.82, 2.24) is 10.3 Å². The van der Waals surface area contributed by atoms with Gasteiger partial charge in [0.25, 0.3) is 5.91 Å². The zero-order chi connectivity index (χ0) is 14.2. The molecule has 0 spiro atoms. The van der Waals surface area contributed by atoms with E-state index in [1.807, 2.05) is 24.3 Å². The van der Waals surface area contributed by atoms with Crippen LogP contribution in [0.4, 0.5) is 0 Å². The van der Waals surface area contributed by atoms with Crippen molar-refractivity contribution in [2.45, 2.75) is 6.54 Å². The predicted molar refractivity (Wildman–Crippen MR) is 74.6 cm³/mol. The summed E-state index contributed by atoms with van der Waals surface area (Å²) in [5.41, 5.74) is 0.822. The van der Waals surface area contributed by atoms with Gasteiger partial charge in [-0.1, -0.05) is 24.3 Å². The number of hydrogen-bond acceptors (Lipinski definition) is 4. The topological polar surface area (TPSA) is 60.5 Å². The molecule has 5 nitrogen and oxygen atoms in total. The van der Waals surface area contributed by atoms with Crippen molar-refractivity contribution < 1.29 is 14.3 Å². The maximum atomic E-state index is 11.7. The zero-order valence-electron chi connectivity index (χ0n) is 11.2. The second kappa shape index (κ2) is 7.13. The third kappa shape index (κ3) is 3.98. The number of methoxy groups -OCH3 is 1. The first kappa shape index (κ1) is 13.9. The number of nitrogens with zero attached hydrogens (tertiary/aromatic N) is 1. The van der Waals surface area contributed by atoms with Gasteiger partial charge in [-0.15, -0.1) is 0 Å². The van der Waals surface area contributed by atoms with Crippen LogP contribution in [0.15, 0.2) is 48.7 Å². The molecule has 0 atom stereocenters. The zero-order valence-corrected chi connectivity index (χ0v) is 11.2. The molecule has 5 heteroatoms. The van der Waals surface area contributed by atoms with Crippen LogP contribution in [0.1, 0.15) is 5.56 Å². The standard InChI is InChI=1S/C15H16N2O3/c1-19-15-12(6-5-9-16-15)10-17-14(18)11-20-13-7-3-2-4-8-13/h2-9H,10-11H2,1H3,(H,17,18). The molecule has 1 heterocycles. The summed E-state index contributed by atoms with van der Waals surface area (Å²) in [7, 11) is 1.55. The van der Waals surface area contributed by atoms with Gasteiger partial charge in [0, 0.05) is 18.3 Å². The fourth-order valence-corrected chi connectivity index (χ4v) is 1.65. The normalized spacial score (nSPS) is 9.85. The maximum Gasteiger partial charge on any atom is 0.258 e. The van der Waals surface area contributed by atoms with Gasteiger partial charge in [0.2, 0.25) is 5.88 Å². The second-order valence-corrected chi connectivity index (χ2v) is 4.05. The highest BCUT2D eigenvalue weighted by Crippen LogP contribution is 2.12. The summed E-state index contributed by atoms with van der Waals surface area (Å²) in [5.74, 6) is 0.984. The fourth-order valence-electron chi connectivity index (χ4n) is 1.65. The lowest BCUT2D eigenvalue weighted by Gasteiger charge is -2.09. The van der Waals surface area contributed by atoms with E-state index >= 15 is 0 Å². The largest absolute Gasteiger partial charge is 0.484 e. The average molecular weight is 272 g/mol. The molecular weight excluding hydrogens is 256 g/mol. The summed E-state index contributed by atoms with van der Waals surface area (Å²) in [6.45, 7) is 0.334. The van der Waals surface area contributed by atoms with E-state index in [0.29, 0.717) is 18.2 Å². The van der Waals surface area contributed by atoms with Crippen molar-refractivity contribution in [3.8, 4) is 11.6 Å². The fraction of sp³-hybridized carbons (Fsp3) is 0.200. The molecule has 1 aromatic carbocycles. The minimum absolute atomic E-state index is 0.0212. The molecule has 0 bridgehead atoms. The third-order valence-electron chi connectivity index (χ3n) is 2.63. The van der Waals surface area contributed by atoms with E-state index in [1.54, 1.807) is 31.5 Å². The molecule has 2 rings (SSSR count). The van der Waals surface area contributed by atoms with E-state index in [2.05, 4.69) is 10.3 Å². The van der Waals surface area contributed by atoms with Gasteiger partial charge in [-0.25, -0.2) is 4.98 Å². The second-order valence-electron chi connectivity index (χ2n) is 4.05. The van der Waals surface area contributed by atoms with E-state index in [4.69, 9.17) is 9.47 Å². The number of benzene rings is 1. The Labute approximate surface area is 117 Å². The van der Waals surface area contributed by atoms with Crippen molar-refractivity contribution in [1.29, 1.82) is 0 Å². The van der Waals surface area contributed by atoms with Crippen LogP contribution < -0.4 is 14.8 Å². The molecule has 0 aliphatic carbocycles. The van der Waals surface area contributed by atoms with Crippen molar-refractivity contribution in [3.05, 3.63) is 54.2 Å². The van der Waals surface area contributed by atoms with Crippen LogP contribution in [0, 0.1) is 0 Å². The summed E-state index contributed by atoms with van der Waals surface area (Å²) in [6, 6.07) is 12.9. The van der Waals surface area contributed by atoms with Crippen LogP contribution in [0.5, 0.6) is 11.6 Å². The van der Waals surface area contributed by atoms with E-state index in [1.165, 1.54) is 0 Å². The van der Waals surface area contributed by atoms with Gasteiger partial charge in [-0.3, -0.25) is 4.79 Å². The van der Waals surface area contributed by atoms with Gasteiger partial charge in [0.1, 0.15) is 5.75 Å². The van der Waals surface area contributed by atoms with Gasteiger partial charge in [-0.05, 0) is 18.2 Å². The van der Waals surface area contributed by atoms with Gasteiger partial charge in [0.05, 0.1) is 7.11 Å². The number of hydrogen-bond donors (Lipinski definition) is 1. The Bertz CT molecular complexity index is 558. The first-order valence-corrected chi connectivity index (χ1v) is 6.22. The highest BCUT2D eigenvalue weighted by atomic mass is 16.5. The summed E-state index contributed by atoms with van der Waals surface area (Å²) >= 11 is 0. The Morgan fingerprint density at radius 1 is 1.20 bits per heavy atom. The molecular formula is C15H16N2O3. The van der Waals surface area contributed by atoms with Gasteiger partial charge < -0.3 is 14.8 Å². The number of carbonyl (C=O) groups is 1. The van der Waals surface area contributed by atoms with E-state index in [-0.39, 0.29) is 12.5 Å². The summed E-state index contributed by atoms with van der Waals surface area (Å²) in [6.07, 6.45) is 1.64. The van der Waals surface area contributed by atoms with Crippen LogP contribution >= 0.6 is 0 Å². The number of ether oxygens (including phenoxy) is 2. The molecule has 0 saturated heterocycles. The molecule has 20 heavy (non-hydrogen) atoms. The highest BCUT2D eigenvalue weighted by Gasteiger charge is 2.06. The monoisotopic (exact) mass is 272 g/mol. The average Bonchev–Trinajstić information content (AvgIpc) is 2.52. The molecule has 0 unspecified atom stereocenters. The van der Waals surface area contributed by atoms with Crippen LogP contribution in [-0.4, -0.2) is 24.6 Å². The number of rotatable bonds is 6. The molecule has 1 amide bonds.